The van der Waals surface area contributed by atoms with Gasteiger partial charge in [-0.25, -0.2) is 22.9 Å². The maximum absolute atomic E-state index is 13.9. The van der Waals surface area contributed by atoms with E-state index in [1.54, 1.807) is 24.3 Å². The lowest BCUT2D eigenvalue weighted by atomic mass is 10.0. The zero-order valence-corrected chi connectivity index (χ0v) is 31.2. The van der Waals surface area contributed by atoms with Gasteiger partial charge < -0.3 is 35.8 Å². The predicted octanol–water partition coefficient (Wildman–Crippen LogP) is 0.656. The zero-order chi connectivity index (χ0) is 38.2. The number of anilines is 1. The topological polar surface area (TPSA) is 223 Å². The molecule has 282 valence electrons. The first kappa shape index (κ1) is 40.1. The van der Waals surface area contributed by atoms with E-state index in [9.17, 15) is 37.5 Å². The van der Waals surface area contributed by atoms with E-state index in [0.717, 1.165) is 5.69 Å². The molecule has 4 atom stereocenters. The summed E-state index contributed by atoms with van der Waals surface area (Å²) in [6.07, 6.45) is 3.84. The summed E-state index contributed by atoms with van der Waals surface area (Å²) in [5.74, 6) is -4.13. The molecule has 0 unspecified atom stereocenters. The first-order valence-corrected chi connectivity index (χ1v) is 18.9. The van der Waals surface area contributed by atoms with Gasteiger partial charge in [0.2, 0.25) is 33.7 Å². The first-order chi connectivity index (χ1) is 24.6. The highest BCUT2D eigenvalue weighted by Crippen LogP contribution is 2.30. The number of carboxylic acids is 1. The van der Waals surface area contributed by atoms with Crippen LogP contribution in [0.4, 0.5) is 5.69 Å². The minimum absolute atomic E-state index is 0.00187. The van der Waals surface area contributed by atoms with Crippen molar-refractivity contribution in [3.63, 3.8) is 0 Å². The molecule has 1 aromatic heterocycles. The highest BCUT2D eigenvalue weighted by molar-refractivity contribution is 7.89. The molecule has 0 saturated carbocycles. The molecule has 0 spiro atoms. The first-order valence-electron chi connectivity index (χ1n) is 16.8. The Bertz CT molecular complexity index is 1870. The van der Waals surface area contributed by atoms with Crippen LogP contribution in [0.25, 0.3) is 10.8 Å². The Morgan fingerprint density at radius 1 is 1.02 bits per heavy atom. The van der Waals surface area contributed by atoms with Crippen molar-refractivity contribution in [3.8, 4) is 0 Å². The van der Waals surface area contributed by atoms with E-state index in [1.807, 2.05) is 38.9 Å². The van der Waals surface area contributed by atoms with Gasteiger partial charge in [0.1, 0.15) is 24.2 Å². The van der Waals surface area contributed by atoms with Crippen LogP contribution in [0.1, 0.15) is 38.8 Å². The van der Waals surface area contributed by atoms with Gasteiger partial charge in [0.15, 0.2) is 0 Å². The summed E-state index contributed by atoms with van der Waals surface area (Å²) in [5, 5.41) is 18.5. The number of imidazole rings is 1. The molecule has 0 radical (unpaired) electrons. The number of likely N-dealkylation sites (tertiary alicyclic amines) is 1. The molecule has 2 heterocycles. The summed E-state index contributed by atoms with van der Waals surface area (Å²) >= 11 is 4.21. The van der Waals surface area contributed by atoms with Gasteiger partial charge in [0.05, 0.1) is 17.8 Å². The number of thiol groups is 1. The molecule has 18 heteroatoms. The molecule has 6 N–H and O–H groups in total. The van der Waals surface area contributed by atoms with E-state index in [-0.39, 0.29) is 36.0 Å². The van der Waals surface area contributed by atoms with Gasteiger partial charge in [0, 0.05) is 61.2 Å². The lowest BCUT2D eigenvalue weighted by molar-refractivity contribution is -0.145. The number of hydrogen-bond acceptors (Lipinski definition) is 10. The van der Waals surface area contributed by atoms with Gasteiger partial charge in [-0.3, -0.25) is 19.2 Å². The Kier molecular flexibility index (Phi) is 13.6. The van der Waals surface area contributed by atoms with Gasteiger partial charge in [-0.15, -0.1) is 0 Å². The second-order valence-electron chi connectivity index (χ2n) is 13.2. The number of aliphatic carboxylic acids is 1. The van der Waals surface area contributed by atoms with E-state index < -0.39 is 70.3 Å². The smallest absolute Gasteiger partial charge is 0.326 e. The average molecular weight is 759 g/mol. The summed E-state index contributed by atoms with van der Waals surface area (Å²) in [6, 6.07) is 5.59. The molecule has 52 heavy (non-hydrogen) atoms. The molecular weight excluding hydrogens is 713 g/mol. The number of carboxylic acid groups (broad SMARTS) is 1. The fourth-order valence-corrected chi connectivity index (χ4v) is 7.58. The lowest BCUT2D eigenvalue weighted by Crippen LogP contribution is -2.58. The van der Waals surface area contributed by atoms with E-state index in [1.165, 1.54) is 23.5 Å². The lowest BCUT2D eigenvalue weighted by Gasteiger charge is -2.30. The van der Waals surface area contributed by atoms with Crippen LogP contribution in [-0.4, -0.2) is 115 Å². The maximum atomic E-state index is 13.9. The summed E-state index contributed by atoms with van der Waals surface area (Å²) in [7, 11) is -0.472. The molecule has 1 fully saturated rings. The summed E-state index contributed by atoms with van der Waals surface area (Å²) in [5.41, 5.74) is 1.32. The average Bonchev–Trinajstić information content (AvgIpc) is 3.81. The van der Waals surface area contributed by atoms with Crippen molar-refractivity contribution >= 4 is 68.7 Å². The highest BCUT2D eigenvalue weighted by atomic mass is 32.2. The Morgan fingerprint density at radius 2 is 1.73 bits per heavy atom. The maximum Gasteiger partial charge on any atom is 0.326 e. The zero-order valence-electron chi connectivity index (χ0n) is 29.5. The van der Waals surface area contributed by atoms with Gasteiger partial charge in [-0.05, 0) is 37.3 Å². The van der Waals surface area contributed by atoms with Crippen LogP contribution in [0.5, 0.6) is 0 Å². The Morgan fingerprint density at radius 3 is 2.37 bits per heavy atom. The fourth-order valence-electron chi connectivity index (χ4n) is 6.12. The van der Waals surface area contributed by atoms with Crippen molar-refractivity contribution in [3.05, 3.63) is 54.6 Å². The van der Waals surface area contributed by atoms with Crippen molar-refractivity contribution < 1.29 is 37.5 Å². The number of rotatable bonds is 17. The monoisotopic (exact) mass is 758 g/mol. The highest BCUT2D eigenvalue weighted by Gasteiger charge is 2.39. The number of carbonyl (C=O) groups is 5. The molecule has 16 nitrogen and oxygen atoms in total. The van der Waals surface area contributed by atoms with E-state index in [0.29, 0.717) is 29.3 Å². The molecule has 0 bridgehead atoms. The predicted molar refractivity (Wildman–Crippen MR) is 197 cm³/mol. The van der Waals surface area contributed by atoms with Crippen molar-refractivity contribution in [2.24, 2.45) is 5.92 Å². The second-order valence-corrected chi connectivity index (χ2v) is 15.3. The minimum Gasteiger partial charge on any atom is -0.480 e. The molecule has 3 aromatic rings. The van der Waals surface area contributed by atoms with Crippen LogP contribution in [0.3, 0.4) is 0 Å². The Labute approximate surface area is 307 Å². The van der Waals surface area contributed by atoms with Crippen LogP contribution in [0.2, 0.25) is 0 Å². The summed E-state index contributed by atoms with van der Waals surface area (Å²) in [4.78, 5) is 75.5. The third-order valence-electron chi connectivity index (χ3n) is 8.64. The van der Waals surface area contributed by atoms with E-state index in [4.69, 9.17) is 0 Å². The van der Waals surface area contributed by atoms with E-state index >= 15 is 0 Å². The van der Waals surface area contributed by atoms with Crippen LogP contribution >= 0.6 is 12.6 Å². The number of fused-ring (bicyclic) bond motifs is 1. The number of amides is 4. The van der Waals surface area contributed by atoms with Crippen LogP contribution in [0.15, 0.2) is 53.8 Å². The third-order valence-corrected chi connectivity index (χ3v) is 10.5. The number of nitrogens with zero attached hydrogens (tertiary/aromatic N) is 3. The van der Waals surface area contributed by atoms with Crippen LogP contribution < -0.4 is 25.6 Å². The molecule has 2 aromatic carbocycles. The molecular formula is C34H46N8O8S2. The number of H-pyrrole nitrogens is 1. The molecule has 0 aliphatic carbocycles. The van der Waals surface area contributed by atoms with Crippen molar-refractivity contribution in [1.82, 2.24) is 35.5 Å². The van der Waals surface area contributed by atoms with Crippen molar-refractivity contribution in [1.29, 1.82) is 0 Å². The van der Waals surface area contributed by atoms with Gasteiger partial charge >= 0.3 is 5.97 Å². The Hall–Kier alpha value is -4.68. The summed E-state index contributed by atoms with van der Waals surface area (Å²) < 4.78 is 29.0. The van der Waals surface area contributed by atoms with Gasteiger partial charge in [-0.2, -0.15) is 12.6 Å². The number of nitrogens with one attached hydrogen (secondary N) is 5. The Balaban J connectivity index is 1.44. The number of benzene rings is 2. The normalized spacial score (nSPS) is 16.3. The number of aromatic amines is 1. The van der Waals surface area contributed by atoms with Crippen molar-refractivity contribution in [2.75, 3.05) is 37.8 Å². The van der Waals surface area contributed by atoms with Crippen LogP contribution in [-0.2, 0) is 40.4 Å². The number of sulfonamides is 1. The van der Waals surface area contributed by atoms with Gasteiger partial charge in [-0.1, -0.05) is 38.1 Å². The van der Waals surface area contributed by atoms with E-state index in [2.05, 4.69) is 43.3 Å². The number of hydrogen-bond donors (Lipinski definition) is 7. The molecule has 1 saturated heterocycles. The minimum atomic E-state index is -4.16. The van der Waals surface area contributed by atoms with Crippen molar-refractivity contribution in [2.45, 2.75) is 68.6 Å². The summed E-state index contributed by atoms with van der Waals surface area (Å²) in [6.45, 7) is 3.19. The third kappa shape index (κ3) is 10.0. The standard InChI is InChI=1S/C34H46N8O8S2/c1-20(2)14-25(34(47)48)40-32(45)28-11-7-13-42(28)33(46)24(15-21-16-35-19-36-21)39-31(44)26(18-51)38-30(43)17-37-52(49,50)29-12-6-8-22-23(29)9-5-10-27(22)41(3)4/h5-6,8-10,12,16,19-20,24-26,28,37,51H,7,11,13-15,17-18H2,1-4H3,(H,35,36)(H,38,43)(H,39,44)(H,40,45)(H,47,48)/t24-,25-,26-,28-/m0/s1. The molecule has 4 rings (SSSR count). The largest absolute Gasteiger partial charge is 0.480 e. The fraction of sp³-hybridized carbons (Fsp3) is 0.471. The second kappa shape index (κ2) is 17.7. The van der Waals surface area contributed by atoms with Gasteiger partial charge in [0.25, 0.3) is 0 Å². The number of aromatic nitrogens is 2. The quantitative estimate of drug-likeness (QED) is 0.0953. The van der Waals surface area contributed by atoms with Crippen LogP contribution in [0, 0.1) is 5.92 Å². The molecule has 4 amide bonds. The number of carbonyl (C=O) groups excluding carboxylic acids is 4. The molecule has 1 aliphatic heterocycles. The SMILES string of the molecule is CC(C)C[C@H](NC(=O)[C@@H]1CCCN1C(=O)[C@H](Cc1cnc[nH]1)NC(=O)[C@H](CS)NC(=O)CNS(=O)(=O)c1cccc2c(N(C)C)cccc12)C(=O)O. The molecule has 1 aliphatic rings.